The summed E-state index contributed by atoms with van der Waals surface area (Å²) in [5.41, 5.74) is 0.761. The first kappa shape index (κ1) is 19.5. The van der Waals surface area contributed by atoms with Crippen molar-refractivity contribution < 1.29 is 17.2 Å². The first-order chi connectivity index (χ1) is 13.8. The second kappa shape index (κ2) is 7.56. The molecule has 3 aromatic rings. The molecule has 0 bridgehead atoms. The van der Waals surface area contributed by atoms with Gasteiger partial charge in [-0.15, -0.1) is 0 Å². The van der Waals surface area contributed by atoms with E-state index in [0.717, 1.165) is 25.2 Å². The second-order valence-corrected chi connectivity index (χ2v) is 8.81. The van der Waals surface area contributed by atoms with Gasteiger partial charge in [-0.05, 0) is 37.0 Å². The Morgan fingerprint density at radius 3 is 2.62 bits per heavy atom. The van der Waals surface area contributed by atoms with Crippen molar-refractivity contribution in [2.24, 2.45) is 13.0 Å². The smallest absolute Gasteiger partial charge is 0.408 e. The van der Waals surface area contributed by atoms with Crippen molar-refractivity contribution in [3.8, 4) is 0 Å². The number of aromatic nitrogens is 3. The van der Waals surface area contributed by atoms with Crippen molar-refractivity contribution in [1.82, 2.24) is 19.3 Å². The number of nitrogens with one attached hydrogen (secondary N) is 1. The largest absolute Gasteiger partial charge is 0.419 e. The highest BCUT2D eigenvalue weighted by atomic mass is 32.2. The highest BCUT2D eigenvalue weighted by Crippen LogP contribution is 2.22. The van der Waals surface area contributed by atoms with E-state index in [1.54, 1.807) is 0 Å². The normalized spacial score (nSPS) is 15.9. The summed E-state index contributed by atoms with van der Waals surface area (Å²) in [7, 11) is -2.19. The Balaban J connectivity index is 1.38. The van der Waals surface area contributed by atoms with E-state index in [2.05, 4.69) is 14.7 Å². The summed E-state index contributed by atoms with van der Waals surface area (Å²) in [4.78, 5) is 21.6. The number of aryl methyl sites for hydroxylation is 1. The molecular formula is C18H20FN5O4S. The van der Waals surface area contributed by atoms with E-state index in [-0.39, 0.29) is 10.8 Å². The van der Waals surface area contributed by atoms with Crippen LogP contribution >= 0.6 is 0 Å². The predicted octanol–water partition coefficient (Wildman–Crippen LogP) is 1.26. The van der Waals surface area contributed by atoms with Crippen molar-refractivity contribution in [3.63, 3.8) is 0 Å². The number of nitrogens with zero attached hydrogens (tertiary/aromatic N) is 4. The zero-order valence-electron chi connectivity index (χ0n) is 15.7. The van der Waals surface area contributed by atoms with Crippen LogP contribution in [0.4, 0.5) is 10.3 Å². The van der Waals surface area contributed by atoms with Crippen LogP contribution < -0.4 is 15.4 Å². The summed E-state index contributed by atoms with van der Waals surface area (Å²) in [6.07, 6.45) is 3.79. The molecule has 154 valence electrons. The minimum absolute atomic E-state index is 0.0820. The Labute approximate surface area is 166 Å². The van der Waals surface area contributed by atoms with Crippen molar-refractivity contribution in [2.45, 2.75) is 17.7 Å². The van der Waals surface area contributed by atoms with Gasteiger partial charge in [-0.2, -0.15) is 0 Å². The lowest BCUT2D eigenvalue weighted by Crippen LogP contribution is -2.39. The number of sulfonamides is 1. The maximum atomic E-state index is 12.9. The monoisotopic (exact) mass is 421 g/mol. The fourth-order valence-electron chi connectivity index (χ4n) is 3.39. The van der Waals surface area contributed by atoms with Crippen LogP contribution in [0.25, 0.3) is 11.1 Å². The summed E-state index contributed by atoms with van der Waals surface area (Å²) in [6, 6.07) is 4.33. The quantitative estimate of drug-likeness (QED) is 0.660. The highest BCUT2D eigenvalue weighted by molar-refractivity contribution is 7.89. The molecule has 1 fully saturated rings. The van der Waals surface area contributed by atoms with Crippen molar-refractivity contribution >= 4 is 27.1 Å². The van der Waals surface area contributed by atoms with Crippen LogP contribution in [0, 0.1) is 11.7 Å². The lowest BCUT2D eigenvalue weighted by atomic mass is 9.97. The molecule has 1 saturated heterocycles. The van der Waals surface area contributed by atoms with Crippen molar-refractivity contribution in [2.75, 3.05) is 24.5 Å². The summed E-state index contributed by atoms with van der Waals surface area (Å²) in [5, 5.41) is 0. The molecule has 3 heterocycles. The van der Waals surface area contributed by atoms with Crippen molar-refractivity contribution in [1.29, 1.82) is 0 Å². The first-order valence-electron chi connectivity index (χ1n) is 9.15. The average Bonchev–Trinajstić information content (AvgIpc) is 3.01. The van der Waals surface area contributed by atoms with Crippen LogP contribution in [-0.4, -0.2) is 42.6 Å². The average molecular weight is 421 g/mol. The summed E-state index contributed by atoms with van der Waals surface area (Å²) in [6.45, 7) is 1.64. The number of piperidine rings is 1. The number of hydrogen-bond acceptors (Lipinski definition) is 7. The molecule has 9 nitrogen and oxygen atoms in total. The molecule has 0 spiro atoms. The SMILES string of the molecule is Cn1c(=O)oc2ccc(S(=O)(=O)NCC3CCN(c4ncc(F)cn4)CC3)cc21. The molecule has 4 rings (SSSR count). The predicted molar refractivity (Wildman–Crippen MR) is 104 cm³/mol. The van der Waals surface area contributed by atoms with Crippen LogP contribution in [0.5, 0.6) is 0 Å². The van der Waals surface area contributed by atoms with Crippen LogP contribution in [0.15, 0.2) is 44.7 Å². The zero-order valence-corrected chi connectivity index (χ0v) is 16.5. The second-order valence-electron chi connectivity index (χ2n) is 7.04. The number of rotatable bonds is 5. The van der Waals surface area contributed by atoms with Crippen molar-refractivity contribution in [3.05, 3.63) is 47.0 Å². The fourth-order valence-corrected chi connectivity index (χ4v) is 4.53. The molecule has 2 aromatic heterocycles. The third-order valence-electron chi connectivity index (χ3n) is 5.14. The van der Waals surface area contributed by atoms with Gasteiger partial charge in [0, 0.05) is 26.7 Å². The molecule has 0 amide bonds. The van der Waals surface area contributed by atoms with Crippen LogP contribution in [0.1, 0.15) is 12.8 Å². The minimum atomic E-state index is -3.72. The molecule has 0 atom stereocenters. The van der Waals surface area contributed by atoms with Crippen LogP contribution in [0.3, 0.4) is 0 Å². The van der Waals surface area contributed by atoms with Gasteiger partial charge in [0.05, 0.1) is 22.8 Å². The Morgan fingerprint density at radius 2 is 1.93 bits per heavy atom. The number of hydrogen-bond donors (Lipinski definition) is 1. The van der Waals surface area contributed by atoms with E-state index in [4.69, 9.17) is 4.42 Å². The van der Waals surface area contributed by atoms with Gasteiger partial charge in [0.1, 0.15) is 0 Å². The molecule has 29 heavy (non-hydrogen) atoms. The van der Waals surface area contributed by atoms with Gasteiger partial charge in [-0.3, -0.25) is 4.57 Å². The number of benzene rings is 1. The van der Waals surface area contributed by atoms with Gasteiger partial charge >= 0.3 is 5.76 Å². The standard InChI is InChI=1S/C18H20FN5O4S/c1-23-15-8-14(2-3-16(15)28-18(23)25)29(26,27)22-9-12-4-6-24(7-5-12)17-20-10-13(19)11-21-17/h2-3,8,10-12,22H,4-7,9H2,1H3. The van der Waals surface area contributed by atoms with Gasteiger partial charge < -0.3 is 9.32 Å². The van der Waals surface area contributed by atoms with E-state index in [1.807, 2.05) is 4.90 Å². The maximum Gasteiger partial charge on any atom is 0.419 e. The highest BCUT2D eigenvalue weighted by Gasteiger charge is 2.24. The van der Waals surface area contributed by atoms with Gasteiger partial charge in [-0.25, -0.2) is 32.3 Å². The molecule has 11 heteroatoms. The molecule has 1 aromatic carbocycles. The van der Waals surface area contributed by atoms with Crippen LogP contribution in [0.2, 0.25) is 0 Å². The molecule has 1 aliphatic heterocycles. The van der Waals surface area contributed by atoms with Crippen LogP contribution in [-0.2, 0) is 17.1 Å². The summed E-state index contributed by atoms with van der Waals surface area (Å²) in [5.74, 6) is -0.376. The summed E-state index contributed by atoms with van der Waals surface area (Å²) < 4.78 is 47.2. The third-order valence-corrected chi connectivity index (χ3v) is 6.56. The van der Waals surface area contributed by atoms with Gasteiger partial charge in [0.2, 0.25) is 16.0 Å². The molecule has 0 aliphatic carbocycles. The first-order valence-corrected chi connectivity index (χ1v) is 10.6. The molecule has 0 saturated carbocycles. The Morgan fingerprint density at radius 1 is 1.24 bits per heavy atom. The van der Waals surface area contributed by atoms with E-state index >= 15 is 0 Å². The molecular weight excluding hydrogens is 401 g/mol. The van der Waals surface area contributed by atoms with Gasteiger partial charge in [0.25, 0.3) is 0 Å². The Hall–Kier alpha value is -2.79. The van der Waals surface area contributed by atoms with Gasteiger partial charge in [0.15, 0.2) is 11.4 Å². The van der Waals surface area contributed by atoms with Gasteiger partial charge in [-0.1, -0.05) is 0 Å². The summed E-state index contributed by atoms with van der Waals surface area (Å²) >= 11 is 0. The topological polar surface area (TPSA) is 110 Å². The van der Waals surface area contributed by atoms with E-state index in [1.165, 1.54) is 29.8 Å². The molecule has 0 unspecified atom stereocenters. The number of halogens is 1. The number of oxazole rings is 1. The van der Waals surface area contributed by atoms with E-state index in [9.17, 15) is 17.6 Å². The Bertz CT molecular complexity index is 1180. The Kier molecular flexibility index (Phi) is 5.09. The number of fused-ring (bicyclic) bond motifs is 1. The molecule has 1 aliphatic rings. The molecule has 1 N–H and O–H groups in total. The molecule has 0 radical (unpaired) electrons. The third kappa shape index (κ3) is 4.01. The minimum Gasteiger partial charge on any atom is -0.408 e. The maximum absolute atomic E-state index is 12.9. The lowest BCUT2D eigenvalue weighted by Gasteiger charge is -2.31. The van der Waals surface area contributed by atoms with E-state index in [0.29, 0.717) is 36.7 Å². The number of anilines is 1. The van der Waals surface area contributed by atoms with E-state index < -0.39 is 21.6 Å². The zero-order chi connectivity index (χ0) is 20.6. The lowest BCUT2D eigenvalue weighted by molar-refractivity contribution is 0.398. The fraction of sp³-hybridized carbons (Fsp3) is 0.389.